The molecule has 0 fully saturated rings. The van der Waals surface area contributed by atoms with Gasteiger partial charge < -0.3 is 5.32 Å². The fourth-order valence-corrected chi connectivity index (χ4v) is 3.50. The highest BCUT2D eigenvalue weighted by Gasteiger charge is 2.24. The Balaban J connectivity index is 1.62. The minimum absolute atomic E-state index is 0.227. The van der Waals surface area contributed by atoms with Gasteiger partial charge in [0.15, 0.2) is 0 Å². The van der Waals surface area contributed by atoms with Crippen molar-refractivity contribution < 1.29 is 13.2 Å². The molecule has 0 atom stereocenters. The minimum atomic E-state index is -3.21. The van der Waals surface area contributed by atoms with Gasteiger partial charge in [0.2, 0.25) is 10.0 Å². The first-order valence-corrected chi connectivity index (χ1v) is 9.77. The van der Waals surface area contributed by atoms with E-state index in [2.05, 4.69) is 10.4 Å². The monoisotopic (exact) mass is 363 g/mol. The molecule has 8 nitrogen and oxygen atoms in total. The van der Waals surface area contributed by atoms with Crippen LogP contribution in [0.4, 0.5) is 10.5 Å². The Morgan fingerprint density at radius 1 is 1.28 bits per heavy atom. The minimum Gasteiger partial charge on any atom is -0.332 e. The Labute approximate surface area is 147 Å². The average Bonchev–Trinajstić information content (AvgIpc) is 3.01. The molecule has 1 aliphatic rings. The summed E-state index contributed by atoms with van der Waals surface area (Å²) >= 11 is 0. The third-order valence-corrected chi connectivity index (χ3v) is 5.40. The highest BCUT2D eigenvalue weighted by Crippen LogP contribution is 2.16. The smallest absolute Gasteiger partial charge is 0.321 e. The number of nitrogens with zero attached hydrogens (tertiary/aromatic N) is 4. The molecule has 25 heavy (non-hydrogen) atoms. The summed E-state index contributed by atoms with van der Waals surface area (Å²) in [7, 11) is -1.51. The molecule has 9 heteroatoms. The average molecular weight is 363 g/mol. The molecule has 0 saturated carbocycles. The summed E-state index contributed by atoms with van der Waals surface area (Å²) in [5, 5.41) is 7.26. The Kier molecular flexibility index (Phi) is 4.78. The molecule has 0 spiro atoms. The highest BCUT2D eigenvalue weighted by atomic mass is 32.2. The standard InChI is InChI=1S/C16H21N5O3S/c1-19(14-6-4-3-5-7-14)16(22)17-11-13-10-15-12-20(25(2,23)24)8-9-21(15)18-13/h3-7,10H,8-9,11-12H2,1-2H3,(H,17,22). The number of hydrogen-bond donors (Lipinski definition) is 1. The Hall–Kier alpha value is -2.39. The number of anilines is 1. The number of carbonyl (C=O) groups is 1. The van der Waals surface area contributed by atoms with Gasteiger partial charge >= 0.3 is 6.03 Å². The predicted octanol–water partition coefficient (Wildman–Crippen LogP) is 1.00. The lowest BCUT2D eigenvalue weighted by Gasteiger charge is -2.25. The molecule has 0 aliphatic carbocycles. The van der Waals surface area contributed by atoms with Gasteiger partial charge in [0.25, 0.3) is 0 Å². The third-order valence-electron chi connectivity index (χ3n) is 4.15. The fraction of sp³-hybridized carbons (Fsp3) is 0.375. The van der Waals surface area contributed by atoms with E-state index < -0.39 is 10.0 Å². The number of para-hydroxylation sites is 1. The van der Waals surface area contributed by atoms with Gasteiger partial charge in [-0.05, 0) is 18.2 Å². The van der Waals surface area contributed by atoms with E-state index in [9.17, 15) is 13.2 Å². The first kappa shape index (κ1) is 17.4. The van der Waals surface area contributed by atoms with Gasteiger partial charge in [-0.3, -0.25) is 9.58 Å². The molecule has 0 radical (unpaired) electrons. The number of rotatable bonds is 4. The summed E-state index contributed by atoms with van der Waals surface area (Å²) < 4.78 is 26.5. The fourth-order valence-electron chi connectivity index (χ4n) is 2.72. The largest absolute Gasteiger partial charge is 0.332 e. The summed E-state index contributed by atoms with van der Waals surface area (Å²) in [5.74, 6) is 0. The van der Waals surface area contributed by atoms with Crippen LogP contribution >= 0.6 is 0 Å². The summed E-state index contributed by atoms with van der Waals surface area (Å²) in [6, 6.07) is 11.0. The SMILES string of the molecule is CN(C(=O)NCc1cc2n(n1)CCN(S(C)(=O)=O)C2)c1ccccc1. The van der Waals surface area contributed by atoms with Gasteiger partial charge in [0.05, 0.1) is 37.3 Å². The molecule has 134 valence electrons. The van der Waals surface area contributed by atoms with Crippen molar-refractivity contribution >= 4 is 21.7 Å². The first-order valence-electron chi connectivity index (χ1n) is 7.92. The van der Waals surface area contributed by atoms with Crippen LogP contribution in [-0.2, 0) is 29.7 Å². The number of sulfonamides is 1. The van der Waals surface area contributed by atoms with Gasteiger partial charge in [-0.15, -0.1) is 0 Å². The van der Waals surface area contributed by atoms with E-state index in [1.807, 2.05) is 36.4 Å². The first-order chi connectivity index (χ1) is 11.8. The van der Waals surface area contributed by atoms with Crippen molar-refractivity contribution in [2.75, 3.05) is 24.7 Å². The van der Waals surface area contributed by atoms with Crippen LogP contribution in [0.2, 0.25) is 0 Å². The van der Waals surface area contributed by atoms with Crippen molar-refractivity contribution in [1.82, 2.24) is 19.4 Å². The van der Waals surface area contributed by atoms with Gasteiger partial charge in [-0.1, -0.05) is 18.2 Å². The molecule has 3 rings (SSSR count). The molecule has 0 bridgehead atoms. The second-order valence-electron chi connectivity index (χ2n) is 6.00. The quantitative estimate of drug-likeness (QED) is 0.878. The van der Waals surface area contributed by atoms with Crippen LogP contribution in [0.1, 0.15) is 11.4 Å². The number of aromatic nitrogens is 2. The zero-order chi connectivity index (χ0) is 18.0. The number of nitrogens with one attached hydrogen (secondary N) is 1. The number of carbonyl (C=O) groups excluding carboxylic acids is 1. The van der Waals surface area contributed by atoms with Crippen LogP contribution in [0, 0.1) is 0 Å². The molecule has 1 N–H and O–H groups in total. The normalized spacial score (nSPS) is 14.8. The van der Waals surface area contributed by atoms with Gasteiger partial charge in [-0.25, -0.2) is 13.2 Å². The number of amides is 2. The van der Waals surface area contributed by atoms with E-state index in [1.165, 1.54) is 15.5 Å². The number of benzene rings is 1. The van der Waals surface area contributed by atoms with Gasteiger partial charge in [0.1, 0.15) is 0 Å². The summed E-state index contributed by atoms with van der Waals surface area (Å²) in [6.45, 7) is 1.52. The summed E-state index contributed by atoms with van der Waals surface area (Å²) in [6.07, 6.45) is 1.21. The molecule has 0 unspecified atom stereocenters. The molecule has 1 aromatic heterocycles. The Morgan fingerprint density at radius 3 is 2.68 bits per heavy atom. The maximum atomic E-state index is 12.2. The molecular weight excluding hydrogens is 342 g/mol. The molecular formula is C16H21N5O3S. The van der Waals surface area contributed by atoms with E-state index >= 15 is 0 Å². The second-order valence-corrected chi connectivity index (χ2v) is 7.98. The van der Waals surface area contributed by atoms with Crippen molar-refractivity contribution in [1.29, 1.82) is 0 Å². The van der Waals surface area contributed by atoms with Gasteiger partial charge in [-0.2, -0.15) is 9.40 Å². The second kappa shape index (κ2) is 6.85. The highest BCUT2D eigenvalue weighted by molar-refractivity contribution is 7.88. The van der Waals surface area contributed by atoms with E-state index in [0.29, 0.717) is 25.3 Å². The van der Waals surface area contributed by atoms with Crippen LogP contribution in [-0.4, -0.2) is 48.4 Å². The van der Waals surface area contributed by atoms with E-state index in [0.717, 1.165) is 11.4 Å². The Morgan fingerprint density at radius 2 is 2.00 bits per heavy atom. The zero-order valence-electron chi connectivity index (χ0n) is 14.2. The number of urea groups is 1. The van der Waals surface area contributed by atoms with Gasteiger partial charge in [0, 0.05) is 19.3 Å². The molecule has 1 aromatic carbocycles. The molecule has 0 saturated heterocycles. The van der Waals surface area contributed by atoms with Crippen molar-refractivity contribution in [2.45, 2.75) is 19.6 Å². The summed E-state index contributed by atoms with van der Waals surface area (Å²) in [5.41, 5.74) is 2.34. The van der Waals surface area contributed by atoms with E-state index in [4.69, 9.17) is 0 Å². The van der Waals surface area contributed by atoms with Crippen LogP contribution in [0.5, 0.6) is 0 Å². The van der Waals surface area contributed by atoms with E-state index in [1.54, 1.807) is 11.7 Å². The van der Waals surface area contributed by atoms with E-state index in [-0.39, 0.29) is 12.6 Å². The molecule has 2 amide bonds. The molecule has 2 aromatic rings. The molecule has 2 heterocycles. The summed E-state index contributed by atoms with van der Waals surface area (Å²) in [4.78, 5) is 13.8. The maximum Gasteiger partial charge on any atom is 0.321 e. The zero-order valence-corrected chi connectivity index (χ0v) is 15.0. The van der Waals surface area contributed by atoms with Crippen LogP contribution in [0.3, 0.4) is 0 Å². The van der Waals surface area contributed by atoms with Crippen molar-refractivity contribution in [3.8, 4) is 0 Å². The topological polar surface area (TPSA) is 87.5 Å². The van der Waals surface area contributed by atoms with Crippen LogP contribution in [0.25, 0.3) is 0 Å². The third kappa shape index (κ3) is 3.99. The number of fused-ring (bicyclic) bond motifs is 1. The Bertz CT molecular complexity index is 863. The van der Waals surface area contributed by atoms with Crippen molar-refractivity contribution in [3.63, 3.8) is 0 Å². The predicted molar refractivity (Wildman–Crippen MR) is 94.6 cm³/mol. The lowest BCUT2D eigenvalue weighted by Crippen LogP contribution is -2.37. The lowest BCUT2D eigenvalue weighted by molar-refractivity contribution is 0.247. The maximum absolute atomic E-state index is 12.2. The van der Waals surface area contributed by atoms with Crippen molar-refractivity contribution in [3.05, 3.63) is 47.8 Å². The number of hydrogen-bond acceptors (Lipinski definition) is 4. The lowest BCUT2D eigenvalue weighted by atomic mass is 10.3. The van der Waals surface area contributed by atoms with Crippen molar-refractivity contribution in [2.24, 2.45) is 0 Å². The van der Waals surface area contributed by atoms with Crippen LogP contribution in [0.15, 0.2) is 36.4 Å². The molecule has 1 aliphatic heterocycles. The van der Waals surface area contributed by atoms with Crippen LogP contribution < -0.4 is 10.2 Å².